The number of nitrogens with zero attached hydrogens (tertiary/aromatic N) is 1. The molecule has 0 amide bonds. The Bertz CT molecular complexity index is 382. The van der Waals surface area contributed by atoms with Crippen molar-refractivity contribution < 1.29 is 4.79 Å². The first-order valence-electron chi connectivity index (χ1n) is 8.51. The molecule has 1 rings (SSSR count). The Morgan fingerprint density at radius 2 is 1.24 bits per heavy atom. The lowest BCUT2D eigenvalue weighted by Gasteiger charge is -2.03. The molecule has 0 aliphatic rings. The maximum absolute atomic E-state index is 9.88. The second-order valence-corrected chi connectivity index (χ2v) is 5.74. The van der Waals surface area contributed by atoms with Gasteiger partial charge < -0.3 is 0 Å². The van der Waals surface area contributed by atoms with Gasteiger partial charge in [0.15, 0.2) is 0 Å². The van der Waals surface area contributed by atoms with E-state index in [1.54, 1.807) is 6.08 Å². The van der Waals surface area contributed by atoms with Crippen molar-refractivity contribution in [2.45, 2.75) is 70.6 Å². The molecule has 0 aliphatic heterocycles. The van der Waals surface area contributed by atoms with Crippen LogP contribution in [0.15, 0.2) is 35.3 Å². The van der Waals surface area contributed by atoms with Crippen LogP contribution in [0.3, 0.4) is 0 Å². The summed E-state index contributed by atoms with van der Waals surface area (Å²) < 4.78 is 0. The van der Waals surface area contributed by atoms with E-state index in [-0.39, 0.29) is 0 Å². The maximum Gasteiger partial charge on any atom is 0.234 e. The average molecular weight is 287 g/mol. The topological polar surface area (TPSA) is 29.4 Å². The predicted molar refractivity (Wildman–Crippen MR) is 89.3 cm³/mol. The van der Waals surface area contributed by atoms with Crippen LogP contribution in [0.2, 0.25) is 0 Å². The van der Waals surface area contributed by atoms with Crippen LogP contribution in [-0.2, 0) is 11.2 Å². The third kappa shape index (κ3) is 11.0. The number of benzene rings is 1. The summed E-state index contributed by atoms with van der Waals surface area (Å²) in [6, 6.07) is 10.8. The minimum atomic E-state index is 0.658. The summed E-state index contributed by atoms with van der Waals surface area (Å²) in [7, 11) is 0. The number of hydrogen-bond acceptors (Lipinski definition) is 2. The molecule has 0 N–H and O–H groups in total. The van der Waals surface area contributed by atoms with Gasteiger partial charge >= 0.3 is 0 Å². The molecule has 116 valence electrons. The second-order valence-electron chi connectivity index (χ2n) is 5.74. The second kappa shape index (κ2) is 13.6. The Balaban J connectivity index is 1.77. The highest BCUT2D eigenvalue weighted by Gasteiger charge is 1.94. The average Bonchev–Trinajstić information content (AvgIpc) is 2.53. The zero-order valence-electron chi connectivity index (χ0n) is 13.2. The van der Waals surface area contributed by atoms with E-state index in [9.17, 15) is 4.79 Å². The highest BCUT2D eigenvalue weighted by Crippen LogP contribution is 2.12. The van der Waals surface area contributed by atoms with Crippen LogP contribution in [0.5, 0.6) is 0 Å². The highest BCUT2D eigenvalue weighted by molar-refractivity contribution is 5.32. The summed E-state index contributed by atoms with van der Waals surface area (Å²) >= 11 is 0. The van der Waals surface area contributed by atoms with Gasteiger partial charge in [-0.15, -0.1) is 0 Å². The van der Waals surface area contributed by atoms with Crippen LogP contribution in [0.4, 0.5) is 0 Å². The Morgan fingerprint density at radius 1 is 0.714 bits per heavy atom. The molecule has 0 spiro atoms. The quantitative estimate of drug-likeness (QED) is 0.269. The lowest BCUT2D eigenvalue weighted by molar-refractivity contribution is 0.549. The summed E-state index contributed by atoms with van der Waals surface area (Å²) in [5, 5.41) is 0. The molecule has 2 nitrogen and oxygen atoms in total. The van der Waals surface area contributed by atoms with Crippen molar-refractivity contribution in [3.8, 4) is 0 Å². The zero-order chi connectivity index (χ0) is 15.0. The molecule has 1 aromatic rings. The smallest absolute Gasteiger partial charge is 0.211 e. The van der Waals surface area contributed by atoms with E-state index in [0.717, 1.165) is 6.42 Å². The molecule has 0 fully saturated rings. The van der Waals surface area contributed by atoms with E-state index < -0.39 is 0 Å². The summed E-state index contributed by atoms with van der Waals surface area (Å²) in [6.07, 6.45) is 15.8. The van der Waals surface area contributed by atoms with Crippen LogP contribution in [0.25, 0.3) is 0 Å². The third-order valence-electron chi connectivity index (χ3n) is 3.89. The molecule has 0 bridgehead atoms. The Hall–Kier alpha value is -1.40. The standard InChI is InChI=1S/C19H29NO/c21-18-20-17-13-8-6-4-2-1-3-5-7-10-14-19-15-11-9-12-16-19/h9,11-12,15-16H,1-8,10,13-14,17H2. The van der Waals surface area contributed by atoms with E-state index >= 15 is 0 Å². The molecule has 1 aromatic carbocycles. The molecule has 2 heteroatoms. The van der Waals surface area contributed by atoms with Gasteiger partial charge in [-0.3, -0.25) is 0 Å². The van der Waals surface area contributed by atoms with Crippen molar-refractivity contribution in [3.05, 3.63) is 35.9 Å². The minimum Gasteiger partial charge on any atom is -0.211 e. The van der Waals surface area contributed by atoms with Crippen LogP contribution in [0, 0.1) is 0 Å². The molecule has 0 aromatic heterocycles. The van der Waals surface area contributed by atoms with E-state index in [0.29, 0.717) is 6.54 Å². The summed E-state index contributed by atoms with van der Waals surface area (Å²) in [5.74, 6) is 0. The Kier molecular flexibility index (Phi) is 11.4. The number of isocyanates is 1. The van der Waals surface area contributed by atoms with Gasteiger partial charge in [-0.1, -0.05) is 81.7 Å². The SMILES string of the molecule is O=C=NCCCCCCCCCCCCc1ccccc1. The van der Waals surface area contributed by atoms with E-state index in [1.807, 2.05) is 0 Å². The van der Waals surface area contributed by atoms with Gasteiger partial charge in [0, 0.05) is 0 Å². The first-order valence-corrected chi connectivity index (χ1v) is 8.51. The fraction of sp³-hybridized carbons (Fsp3) is 0.632. The van der Waals surface area contributed by atoms with Gasteiger partial charge in [0.25, 0.3) is 0 Å². The lowest BCUT2D eigenvalue weighted by atomic mass is 10.0. The highest BCUT2D eigenvalue weighted by atomic mass is 16.1. The fourth-order valence-electron chi connectivity index (χ4n) is 2.62. The lowest BCUT2D eigenvalue weighted by Crippen LogP contribution is -1.86. The number of aryl methyl sites for hydroxylation is 1. The van der Waals surface area contributed by atoms with Gasteiger partial charge in [-0.2, -0.15) is 0 Å². The Morgan fingerprint density at radius 3 is 1.81 bits per heavy atom. The molecule has 0 aliphatic carbocycles. The fourth-order valence-corrected chi connectivity index (χ4v) is 2.62. The summed E-state index contributed by atoms with van der Waals surface area (Å²) in [4.78, 5) is 13.4. The van der Waals surface area contributed by atoms with E-state index in [1.165, 1.54) is 69.8 Å². The van der Waals surface area contributed by atoms with Crippen molar-refractivity contribution >= 4 is 6.08 Å². The number of rotatable bonds is 13. The molecule has 21 heavy (non-hydrogen) atoms. The van der Waals surface area contributed by atoms with Crippen LogP contribution < -0.4 is 0 Å². The van der Waals surface area contributed by atoms with E-state index in [2.05, 4.69) is 35.3 Å². The molecule has 0 unspecified atom stereocenters. The number of carbonyl (C=O) groups excluding carboxylic acids is 1. The maximum atomic E-state index is 9.88. The van der Waals surface area contributed by atoms with Crippen molar-refractivity contribution in [2.75, 3.05) is 6.54 Å². The first kappa shape index (κ1) is 17.7. The van der Waals surface area contributed by atoms with Gasteiger partial charge in [0.1, 0.15) is 0 Å². The molecular weight excluding hydrogens is 258 g/mol. The molecule has 0 saturated heterocycles. The first-order chi connectivity index (χ1) is 10.4. The van der Waals surface area contributed by atoms with Crippen molar-refractivity contribution in [2.24, 2.45) is 4.99 Å². The number of aliphatic imine (C=N–C) groups is 1. The zero-order valence-corrected chi connectivity index (χ0v) is 13.2. The van der Waals surface area contributed by atoms with Gasteiger partial charge in [-0.05, 0) is 24.8 Å². The minimum absolute atomic E-state index is 0.658. The number of unbranched alkanes of at least 4 members (excludes halogenated alkanes) is 9. The van der Waals surface area contributed by atoms with Crippen molar-refractivity contribution in [1.29, 1.82) is 0 Å². The predicted octanol–water partition coefficient (Wildman–Crippen LogP) is 5.47. The monoisotopic (exact) mass is 287 g/mol. The molecule has 0 atom stereocenters. The van der Waals surface area contributed by atoms with Crippen molar-refractivity contribution in [3.63, 3.8) is 0 Å². The number of hydrogen-bond donors (Lipinski definition) is 0. The van der Waals surface area contributed by atoms with Crippen molar-refractivity contribution in [1.82, 2.24) is 0 Å². The molecule has 0 heterocycles. The van der Waals surface area contributed by atoms with Gasteiger partial charge in [-0.25, -0.2) is 9.79 Å². The Labute approximate surface area is 129 Å². The summed E-state index contributed by atoms with van der Waals surface area (Å²) in [5.41, 5.74) is 1.47. The largest absolute Gasteiger partial charge is 0.234 e. The normalized spacial score (nSPS) is 10.3. The van der Waals surface area contributed by atoms with Crippen LogP contribution >= 0.6 is 0 Å². The molecule has 0 radical (unpaired) electrons. The van der Waals surface area contributed by atoms with Gasteiger partial charge in [0.05, 0.1) is 6.54 Å². The van der Waals surface area contributed by atoms with Crippen LogP contribution in [-0.4, -0.2) is 12.6 Å². The van der Waals surface area contributed by atoms with E-state index in [4.69, 9.17) is 0 Å². The van der Waals surface area contributed by atoms with Crippen LogP contribution in [0.1, 0.15) is 69.8 Å². The molecule has 0 saturated carbocycles. The summed E-state index contributed by atoms with van der Waals surface area (Å²) in [6.45, 7) is 0.658. The molecular formula is C19H29NO. The van der Waals surface area contributed by atoms with Gasteiger partial charge in [0.2, 0.25) is 6.08 Å². The third-order valence-corrected chi connectivity index (χ3v) is 3.89.